The summed E-state index contributed by atoms with van der Waals surface area (Å²) in [6, 6.07) is 4.79. The van der Waals surface area contributed by atoms with Gasteiger partial charge in [0.15, 0.2) is 11.6 Å². The van der Waals surface area contributed by atoms with Gasteiger partial charge in [0.05, 0.1) is 0 Å². The van der Waals surface area contributed by atoms with Crippen molar-refractivity contribution >= 4 is 5.69 Å². The molecule has 2 aliphatic rings. The lowest BCUT2D eigenvalue weighted by Crippen LogP contribution is -2.54. The molecule has 0 spiro atoms. The SMILES string of the molecule is Fc1ccc(N2CCN3CCCCC3C2)cc1F. The molecule has 1 unspecified atom stereocenters. The Morgan fingerprint density at radius 2 is 1.89 bits per heavy atom. The van der Waals surface area contributed by atoms with Gasteiger partial charge in [0.2, 0.25) is 0 Å². The second-order valence-corrected chi connectivity index (χ2v) is 5.23. The molecule has 1 aromatic rings. The molecule has 2 saturated heterocycles. The molecule has 3 rings (SSSR count). The van der Waals surface area contributed by atoms with Crippen LogP contribution in [0.1, 0.15) is 19.3 Å². The van der Waals surface area contributed by atoms with Gasteiger partial charge in [-0.15, -0.1) is 0 Å². The average Bonchev–Trinajstić information content (AvgIpc) is 2.41. The monoisotopic (exact) mass is 252 g/mol. The second-order valence-electron chi connectivity index (χ2n) is 5.23. The van der Waals surface area contributed by atoms with Gasteiger partial charge in [-0.25, -0.2) is 8.78 Å². The van der Waals surface area contributed by atoms with Crippen LogP contribution in [-0.4, -0.2) is 37.1 Å². The molecule has 18 heavy (non-hydrogen) atoms. The van der Waals surface area contributed by atoms with E-state index in [1.165, 1.54) is 37.9 Å². The molecular weight excluding hydrogens is 234 g/mol. The Morgan fingerprint density at radius 3 is 2.72 bits per heavy atom. The molecule has 1 aromatic carbocycles. The third kappa shape index (κ3) is 2.21. The van der Waals surface area contributed by atoms with Gasteiger partial charge < -0.3 is 4.90 Å². The van der Waals surface area contributed by atoms with Crippen molar-refractivity contribution in [2.75, 3.05) is 31.1 Å². The van der Waals surface area contributed by atoms with E-state index in [2.05, 4.69) is 9.80 Å². The maximum Gasteiger partial charge on any atom is 0.160 e. The summed E-state index contributed by atoms with van der Waals surface area (Å²) >= 11 is 0. The lowest BCUT2D eigenvalue weighted by molar-refractivity contribution is 0.133. The summed E-state index contributed by atoms with van der Waals surface area (Å²) in [6.07, 6.45) is 3.80. The number of hydrogen-bond acceptors (Lipinski definition) is 2. The van der Waals surface area contributed by atoms with E-state index in [1.54, 1.807) is 6.07 Å². The van der Waals surface area contributed by atoms with E-state index >= 15 is 0 Å². The van der Waals surface area contributed by atoms with E-state index in [0.29, 0.717) is 6.04 Å². The van der Waals surface area contributed by atoms with Gasteiger partial charge in [0, 0.05) is 37.4 Å². The lowest BCUT2D eigenvalue weighted by atomic mass is 9.99. The first-order valence-electron chi connectivity index (χ1n) is 6.68. The maximum atomic E-state index is 13.3. The van der Waals surface area contributed by atoms with Crippen LogP contribution in [0.15, 0.2) is 18.2 Å². The number of piperazine rings is 1. The summed E-state index contributed by atoms with van der Waals surface area (Å²) in [7, 11) is 0. The highest BCUT2D eigenvalue weighted by molar-refractivity contribution is 5.47. The summed E-state index contributed by atoms with van der Waals surface area (Å²) in [6.45, 7) is 4.06. The first-order chi connectivity index (χ1) is 8.74. The summed E-state index contributed by atoms with van der Waals surface area (Å²) in [4.78, 5) is 4.70. The average molecular weight is 252 g/mol. The van der Waals surface area contributed by atoms with Gasteiger partial charge in [0.1, 0.15) is 0 Å². The minimum atomic E-state index is -0.768. The number of nitrogens with zero attached hydrogens (tertiary/aromatic N) is 2. The van der Waals surface area contributed by atoms with Gasteiger partial charge >= 0.3 is 0 Å². The highest BCUT2D eigenvalue weighted by atomic mass is 19.2. The number of anilines is 1. The van der Waals surface area contributed by atoms with Crippen molar-refractivity contribution in [3.8, 4) is 0 Å². The molecule has 0 aromatic heterocycles. The highest BCUT2D eigenvalue weighted by Gasteiger charge is 2.29. The van der Waals surface area contributed by atoms with Crippen LogP contribution in [0.5, 0.6) is 0 Å². The Bertz CT molecular complexity index is 436. The zero-order valence-corrected chi connectivity index (χ0v) is 10.4. The van der Waals surface area contributed by atoms with Crippen molar-refractivity contribution in [3.63, 3.8) is 0 Å². The number of fused-ring (bicyclic) bond motifs is 1. The minimum absolute atomic E-state index is 0.584. The van der Waals surface area contributed by atoms with E-state index in [9.17, 15) is 8.78 Å². The Labute approximate surface area is 106 Å². The summed E-state index contributed by atoms with van der Waals surface area (Å²) in [5.74, 6) is -1.52. The van der Waals surface area contributed by atoms with E-state index in [-0.39, 0.29) is 0 Å². The van der Waals surface area contributed by atoms with Crippen LogP contribution >= 0.6 is 0 Å². The number of piperidine rings is 1. The molecule has 0 saturated carbocycles. The van der Waals surface area contributed by atoms with Crippen molar-refractivity contribution in [2.24, 2.45) is 0 Å². The molecule has 0 radical (unpaired) electrons. The molecule has 2 nitrogen and oxygen atoms in total. The van der Waals surface area contributed by atoms with E-state index in [1.807, 2.05) is 0 Å². The van der Waals surface area contributed by atoms with Gasteiger partial charge in [-0.2, -0.15) is 0 Å². The van der Waals surface area contributed by atoms with Crippen LogP contribution in [0.25, 0.3) is 0 Å². The molecule has 4 heteroatoms. The molecule has 0 bridgehead atoms. The van der Waals surface area contributed by atoms with Crippen molar-refractivity contribution in [1.29, 1.82) is 0 Å². The fraction of sp³-hybridized carbons (Fsp3) is 0.571. The van der Waals surface area contributed by atoms with Crippen molar-refractivity contribution in [2.45, 2.75) is 25.3 Å². The van der Waals surface area contributed by atoms with Crippen molar-refractivity contribution in [1.82, 2.24) is 4.90 Å². The molecule has 1 atom stereocenters. The standard InChI is InChI=1S/C14H18F2N2/c15-13-5-4-11(9-14(13)16)18-8-7-17-6-2-1-3-12(17)10-18/h4-5,9,12H,1-3,6-8,10H2. The molecule has 0 amide bonds. The first kappa shape index (κ1) is 11.9. The van der Waals surface area contributed by atoms with Gasteiger partial charge in [-0.3, -0.25) is 4.90 Å². The quantitative estimate of drug-likeness (QED) is 0.758. The number of benzene rings is 1. The normalized spacial score (nSPS) is 25.0. The third-order valence-electron chi connectivity index (χ3n) is 4.11. The molecule has 2 heterocycles. The summed E-state index contributed by atoms with van der Waals surface area (Å²) < 4.78 is 26.2. The molecule has 2 fully saturated rings. The summed E-state index contributed by atoms with van der Waals surface area (Å²) in [5.41, 5.74) is 0.805. The van der Waals surface area contributed by atoms with Crippen LogP contribution in [0.4, 0.5) is 14.5 Å². The molecule has 0 aliphatic carbocycles. The first-order valence-corrected chi connectivity index (χ1v) is 6.68. The van der Waals surface area contributed by atoms with Gasteiger partial charge in [-0.1, -0.05) is 6.42 Å². The van der Waals surface area contributed by atoms with Crippen LogP contribution in [0.2, 0.25) is 0 Å². The van der Waals surface area contributed by atoms with E-state index < -0.39 is 11.6 Å². The highest BCUT2D eigenvalue weighted by Crippen LogP contribution is 2.25. The van der Waals surface area contributed by atoms with Crippen LogP contribution in [0.3, 0.4) is 0 Å². The number of hydrogen-bond donors (Lipinski definition) is 0. The molecular formula is C14H18F2N2. The number of rotatable bonds is 1. The fourth-order valence-corrected chi connectivity index (χ4v) is 3.07. The Balaban J connectivity index is 1.75. The molecule has 98 valence electrons. The maximum absolute atomic E-state index is 13.3. The Morgan fingerprint density at radius 1 is 1.00 bits per heavy atom. The largest absolute Gasteiger partial charge is 0.369 e. The minimum Gasteiger partial charge on any atom is -0.369 e. The predicted molar refractivity (Wildman–Crippen MR) is 67.8 cm³/mol. The van der Waals surface area contributed by atoms with Crippen molar-refractivity contribution in [3.05, 3.63) is 29.8 Å². The van der Waals surface area contributed by atoms with E-state index in [4.69, 9.17) is 0 Å². The second kappa shape index (κ2) is 4.84. The van der Waals surface area contributed by atoms with Crippen LogP contribution in [-0.2, 0) is 0 Å². The Hall–Kier alpha value is -1.16. The predicted octanol–water partition coefficient (Wildman–Crippen LogP) is 2.64. The smallest absolute Gasteiger partial charge is 0.160 e. The fourth-order valence-electron chi connectivity index (χ4n) is 3.07. The third-order valence-corrected chi connectivity index (χ3v) is 4.11. The Kier molecular flexibility index (Phi) is 3.20. The molecule has 2 aliphatic heterocycles. The van der Waals surface area contributed by atoms with E-state index in [0.717, 1.165) is 25.3 Å². The van der Waals surface area contributed by atoms with Crippen LogP contribution in [0, 0.1) is 11.6 Å². The lowest BCUT2D eigenvalue weighted by Gasteiger charge is -2.44. The van der Waals surface area contributed by atoms with Crippen LogP contribution < -0.4 is 4.90 Å². The zero-order valence-electron chi connectivity index (χ0n) is 10.4. The zero-order chi connectivity index (χ0) is 12.5. The number of halogens is 2. The summed E-state index contributed by atoms with van der Waals surface area (Å²) in [5, 5.41) is 0. The topological polar surface area (TPSA) is 6.48 Å². The van der Waals surface area contributed by atoms with Crippen molar-refractivity contribution < 1.29 is 8.78 Å². The van der Waals surface area contributed by atoms with Gasteiger partial charge in [0.25, 0.3) is 0 Å². The molecule has 0 N–H and O–H groups in total. The van der Waals surface area contributed by atoms with Gasteiger partial charge in [-0.05, 0) is 31.5 Å².